The first-order valence-corrected chi connectivity index (χ1v) is 10.5. The fourth-order valence-corrected chi connectivity index (χ4v) is 3.79. The number of hydrogen-bond donors (Lipinski definition) is 1. The largest absolute Gasteiger partial charge is 0.411 e. The SMILES string of the molecule is CCNC(=NCc1ccc(COCC(F)(F)F)cc1)N1CCC(N2CCOCC2)C1. The van der Waals surface area contributed by atoms with Crippen molar-refractivity contribution >= 4 is 5.96 Å². The van der Waals surface area contributed by atoms with Gasteiger partial charge in [0.1, 0.15) is 6.61 Å². The molecule has 0 amide bonds. The minimum atomic E-state index is -4.30. The summed E-state index contributed by atoms with van der Waals surface area (Å²) >= 11 is 0. The number of benzene rings is 1. The highest BCUT2D eigenvalue weighted by atomic mass is 19.4. The number of rotatable bonds is 7. The Morgan fingerprint density at radius 2 is 1.87 bits per heavy atom. The van der Waals surface area contributed by atoms with Gasteiger partial charge in [-0.05, 0) is 24.5 Å². The van der Waals surface area contributed by atoms with Crippen LogP contribution in [0.4, 0.5) is 13.2 Å². The molecule has 1 aromatic carbocycles. The number of nitrogens with one attached hydrogen (secondary N) is 1. The number of aliphatic imine (C=N–C) groups is 1. The monoisotopic (exact) mass is 428 g/mol. The van der Waals surface area contributed by atoms with Crippen LogP contribution < -0.4 is 5.32 Å². The molecule has 2 aliphatic heterocycles. The lowest BCUT2D eigenvalue weighted by atomic mass is 10.1. The van der Waals surface area contributed by atoms with Gasteiger partial charge in [-0.25, -0.2) is 4.99 Å². The summed E-state index contributed by atoms with van der Waals surface area (Å²) in [7, 11) is 0. The van der Waals surface area contributed by atoms with Crippen molar-refractivity contribution in [3.63, 3.8) is 0 Å². The summed E-state index contributed by atoms with van der Waals surface area (Å²) in [6, 6.07) is 7.89. The molecule has 1 N–H and O–H groups in total. The molecule has 1 unspecified atom stereocenters. The molecule has 0 aromatic heterocycles. The Morgan fingerprint density at radius 3 is 2.53 bits per heavy atom. The Balaban J connectivity index is 1.52. The molecule has 2 saturated heterocycles. The normalized spacial score (nSPS) is 21.3. The van der Waals surface area contributed by atoms with Gasteiger partial charge >= 0.3 is 6.18 Å². The van der Waals surface area contributed by atoms with Crippen LogP contribution in [0.1, 0.15) is 24.5 Å². The van der Waals surface area contributed by atoms with E-state index >= 15 is 0 Å². The van der Waals surface area contributed by atoms with Crippen molar-refractivity contribution in [1.82, 2.24) is 15.1 Å². The fraction of sp³-hybridized carbons (Fsp3) is 0.667. The van der Waals surface area contributed by atoms with Gasteiger partial charge in [0.2, 0.25) is 0 Å². The lowest BCUT2D eigenvalue weighted by Crippen LogP contribution is -2.46. The van der Waals surface area contributed by atoms with Crippen molar-refractivity contribution in [2.45, 2.75) is 38.7 Å². The number of nitrogens with zero attached hydrogens (tertiary/aromatic N) is 3. The van der Waals surface area contributed by atoms with E-state index in [4.69, 9.17) is 14.5 Å². The molecule has 0 saturated carbocycles. The highest BCUT2D eigenvalue weighted by molar-refractivity contribution is 5.80. The van der Waals surface area contributed by atoms with Gasteiger partial charge in [0.15, 0.2) is 5.96 Å². The van der Waals surface area contributed by atoms with Crippen LogP contribution in [-0.4, -0.2) is 80.5 Å². The molecule has 168 valence electrons. The summed E-state index contributed by atoms with van der Waals surface area (Å²) in [6.07, 6.45) is -3.18. The molecule has 6 nitrogen and oxygen atoms in total. The zero-order valence-corrected chi connectivity index (χ0v) is 17.5. The van der Waals surface area contributed by atoms with E-state index in [2.05, 4.69) is 22.0 Å². The number of likely N-dealkylation sites (tertiary alicyclic amines) is 1. The van der Waals surface area contributed by atoms with Crippen LogP contribution in [0.15, 0.2) is 29.3 Å². The average Bonchev–Trinajstić information content (AvgIpc) is 3.22. The zero-order valence-electron chi connectivity index (χ0n) is 17.5. The molecular weight excluding hydrogens is 397 g/mol. The number of alkyl halides is 3. The summed E-state index contributed by atoms with van der Waals surface area (Å²) in [4.78, 5) is 9.59. The van der Waals surface area contributed by atoms with E-state index in [0.717, 1.165) is 63.9 Å². The molecule has 3 rings (SSSR count). The molecule has 0 spiro atoms. The van der Waals surface area contributed by atoms with Crippen molar-refractivity contribution < 1.29 is 22.6 Å². The summed E-state index contributed by atoms with van der Waals surface area (Å²) < 4.78 is 46.6. The van der Waals surface area contributed by atoms with Crippen molar-refractivity contribution in [2.75, 3.05) is 52.5 Å². The molecule has 0 aliphatic carbocycles. The highest BCUT2D eigenvalue weighted by Gasteiger charge is 2.30. The number of guanidine groups is 1. The number of hydrogen-bond acceptors (Lipinski definition) is 4. The Kier molecular flexibility index (Phi) is 8.35. The summed E-state index contributed by atoms with van der Waals surface area (Å²) in [5, 5.41) is 3.38. The van der Waals surface area contributed by atoms with E-state index in [-0.39, 0.29) is 6.61 Å². The highest BCUT2D eigenvalue weighted by Crippen LogP contribution is 2.18. The van der Waals surface area contributed by atoms with Crippen LogP contribution in [0.3, 0.4) is 0 Å². The summed E-state index contributed by atoms with van der Waals surface area (Å²) in [5.41, 5.74) is 1.72. The van der Waals surface area contributed by atoms with Gasteiger partial charge in [0, 0.05) is 38.8 Å². The third kappa shape index (κ3) is 7.14. The summed E-state index contributed by atoms with van der Waals surface area (Å²) in [5.74, 6) is 0.908. The molecule has 9 heteroatoms. The molecule has 1 aromatic rings. The third-order valence-corrected chi connectivity index (χ3v) is 5.33. The Morgan fingerprint density at radius 1 is 1.17 bits per heavy atom. The predicted molar refractivity (Wildman–Crippen MR) is 109 cm³/mol. The third-order valence-electron chi connectivity index (χ3n) is 5.33. The van der Waals surface area contributed by atoms with Gasteiger partial charge in [0.05, 0.1) is 26.4 Å². The molecule has 0 radical (unpaired) electrons. The van der Waals surface area contributed by atoms with Gasteiger partial charge in [0.25, 0.3) is 0 Å². The predicted octanol–water partition coefficient (Wildman–Crippen LogP) is 2.64. The van der Waals surface area contributed by atoms with Gasteiger partial charge in [-0.3, -0.25) is 4.90 Å². The minimum absolute atomic E-state index is 0.0532. The van der Waals surface area contributed by atoms with Gasteiger partial charge in [-0.1, -0.05) is 24.3 Å². The first kappa shape index (κ1) is 22.8. The van der Waals surface area contributed by atoms with Crippen LogP contribution in [-0.2, 0) is 22.6 Å². The molecular formula is C21H31F3N4O2. The maximum atomic E-state index is 12.2. The average molecular weight is 428 g/mol. The topological polar surface area (TPSA) is 49.3 Å². The summed E-state index contributed by atoms with van der Waals surface area (Å²) in [6.45, 7) is 7.62. The van der Waals surface area contributed by atoms with Gasteiger partial charge in [-0.15, -0.1) is 0 Å². The lowest BCUT2D eigenvalue weighted by molar-refractivity contribution is -0.176. The van der Waals surface area contributed by atoms with Crippen LogP contribution in [0.25, 0.3) is 0 Å². The molecule has 2 aliphatic rings. The van der Waals surface area contributed by atoms with Crippen LogP contribution >= 0.6 is 0 Å². The second kappa shape index (κ2) is 11.0. The van der Waals surface area contributed by atoms with Crippen molar-refractivity contribution in [2.24, 2.45) is 4.99 Å². The van der Waals surface area contributed by atoms with Crippen LogP contribution in [0, 0.1) is 0 Å². The van der Waals surface area contributed by atoms with Gasteiger partial charge in [-0.2, -0.15) is 13.2 Å². The maximum Gasteiger partial charge on any atom is 0.411 e. The molecule has 0 bridgehead atoms. The van der Waals surface area contributed by atoms with Crippen molar-refractivity contribution in [3.05, 3.63) is 35.4 Å². The smallest absolute Gasteiger partial charge is 0.379 e. The zero-order chi connectivity index (χ0) is 21.4. The molecule has 2 fully saturated rings. The van der Waals surface area contributed by atoms with Crippen molar-refractivity contribution in [3.8, 4) is 0 Å². The molecule has 1 atom stereocenters. The molecule has 2 heterocycles. The number of halogens is 3. The second-order valence-electron chi connectivity index (χ2n) is 7.63. The quantitative estimate of drug-likeness (QED) is 0.535. The van der Waals surface area contributed by atoms with E-state index in [1.807, 2.05) is 12.1 Å². The van der Waals surface area contributed by atoms with E-state index in [9.17, 15) is 13.2 Å². The lowest BCUT2D eigenvalue weighted by Gasteiger charge is -2.32. The second-order valence-corrected chi connectivity index (χ2v) is 7.63. The van der Waals surface area contributed by atoms with Crippen LogP contribution in [0.2, 0.25) is 0 Å². The first-order chi connectivity index (χ1) is 14.4. The number of ether oxygens (including phenoxy) is 2. The first-order valence-electron chi connectivity index (χ1n) is 10.5. The van der Waals surface area contributed by atoms with E-state index in [1.165, 1.54) is 0 Å². The van der Waals surface area contributed by atoms with Crippen LogP contribution in [0.5, 0.6) is 0 Å². The Bertz CT molecular complexity index is 676. The van der Waals surface area contributed by atoms with E-state index in [1.54, 1.807) is 12.1 Å². The molecule has 30 heavy (non-hydrogen) atoms. The fourth-order valence-electron chi connectivity index (χ4n) is 3.79. The van der Waals surface area contributed by atoms with Gasteiger partial charge < -0.3 is 19.7 Å². The Hall–Kier alpha value is -1.84. The van der Waals surface area contributed by atoms with E-state index < -0.39 is 12.8 Å². The van der Waals surface area contributed by atoms with Crippen molar-refractivity contribution in [1.29, 1.82) is 0 Å². The minimum Gasteiger partial charge on any atom is -0.379 e. The Labute approximate surface area is 176 Å². The standard InChI is InChI=1S/C21H31F3N4O2/c1-2-25-20(28-8-7-19(14-28)27-9-11-29-12-10-27)26-13-17-3-5-18(6-4-17)15-30-16-21(22,23)24/h3-6,19H,2,7-16H2,1H3,(H,25,26). The van der Waals surface area contributed by atoms with E-state index in [0.29, 0.717) is 18.2 Å². The maximum absolute atomic E-state index is 12.2. The number of morpholine rings is 1.